The van der Waals surface area contributed by atoms with E-state index in [4.69, 9.17) is 4.74 Å². The molecule has 1 N–H and O–H groups in total. The Morgan fingerprint density at radius 3 is 2.71 bits per heavy atom. The van der Waals surface area contributed by atoms with Crippen LogP contribution in [0.15, 0.2) is 0 Å². The number of ether oxygens (including phenoxy) is 1. The molecule has 0 aromatic carbocycles. The zero-order chi connectivity index (χ0) is 9.76. The van der Waals surface area contributed by atoms with E-state index in [0.29, 0.717) is 5.92 Å². The van der Waals surface area contributed by atoms with Crippen LogP contribution in [0.3, 0.4) is 0 Å². The number of hydrogen-bond donors (Lipinski definition) is 1. The minimum atomic E-state index is -0.585. The summed E-state index contributed by atoms with van der Waals surface area (Å²) in [6.07, 6.45) is 5.78. The third-order valence-electron chi connectivity index (χ3n) is 4.55. The smallest absolute Gasteiger partial charge is 0.307 e. The van der Waals surface area contributed by atoms with Gasteiger partial charge in [0, 0.05) is 17.9 Å². The molecule has 3 nitrogen and oxygen atoms in total. The Balaban J connectivity index is 1.91. The van der Waals surface area contributed by atoms with Crippen molar-refractivity contribution in [3.63, 3.8) is 0 Å². The molecule has 0 aromatic rings. The molecule has 3 rings (SSSR count). The first-order valence-electron chi connectivity index (χ1n) is 5.60. The quantitative estimate of drug-likeness (QED) is 0.693. The van der Waals surface area contributed by atoms with E-state index in [1.165, 1.54) is 12.8 Å². The molecular weight excluding hydrogens is 180 g/mol. The maximum Gasteiger partial charge on any atom is 0.307 e. The molecule has 78 valence electrons. The number of carbonyl (C=O) groups is 1. The van der Waals surface area contributed by atoms with Gasteiger partial charge in [-0.25, -0.2) is 0 Å². The predicted molar refractivity (Wildman–Crippen MR) is 49.9 cm³/mol. The number of hydrogen-bond acceptors (Lipinski definition) is 2. The zero-order valence-corrected chi connectivity index (χ0v) is 8.24. The van der Waals surface area contributed by atoms with Crippen molar-refractivity contribution >= 4 is 5.97 Å². The van der Waals surface area contributed by atoms with Gasteiger partial charge in [-0.05, 0) is 19.3 Å². The van der Waals surface area contributed by atoms with E-state index in [0.717, 1.165) is 25.9 Å². The Bertz CT molecular complexity index is 268. The molecule has 3 atom stereocenters. The molecule has 3 heteroatoms. The maximum atomic E-state index is 11.2. The van der Waals surface area contributed by atoms with Crippen molar-refractivity contribution in [1.82, 2.24) is 0 Å². The Kier molecular flexibility index (Phi) is 1.69. The molecule has 1 heterocycles. The zero-order valence-electron chi connectivity index (χ0n) is 8.24. The lowest BCUT2D eigenvalue weighted by Gasteiger charge is -2.54. The Morgan fingerprint density at radius 1 is 1.36 bits per heavy atom. The summed E-state index contributed by atoms with van der Waals surface area (Å²) in [5.41, 5.74) is 0.0347. The summed E-state index contributed by atoms with van der Waals surface area (Å²) in [7, 11) is 0. The number of fused-ring (bicyclic) bond motifs is 2. The fourth-order valence-electron chi connectivity index (χ4n) is 4.08. The van der Waals surface area contributed by atoms with Crippen LogP contribution in [-0.2, 0) is 9.53 Å². The van der Waals surface area contributed by atoms with Crippen LogP contribution in [0.25, 0.3) is 0 Å². The van der Waals surface area contributed by atoms with Crippen LogP contribution in [-0.4, -0.2) is 23.8 Å². The number of carboxylic acid groups (broad SMARTS) is 1. The van der Waals surface area contributed by atoms with E-state index < -0.39 is 5.97 Å². The summed E-state index contributed by atoms with van der Waals surface area (Å²) in [5.74, 6) is -0.359. The second-order valence-electron chi connectivity index (χ2n) is 5.00. The van der Waals surface area contributed by atoms with Crippen LogP contribution in [0.4, 0.5) is 0 Å². The third-order valence-corrected chi connectivity index (χ3v) is 4.55. The van der Waals surface area contributed by atoms with Gasteiger partial charge < -0.3 is 9.84 Å². The lowest BCUT2D eigenvalue weighted by atomic mass is 9.50. The Labute approximate surface area is 83.4 Å². The average molecular weight is 196 g/mol. The first kappa shape index (κ1) is 8.72. The normalized spacial score (nSPS) is 43.6. The third kappa shape index (κ3) is 0.842. The molecule has 0 unspecified atom stereocenters. The van der Waals surface area contributed by atoms with Crippen LogP contribution in [0, 0.1) is 17.3 Å². The standard InChI is InChI=1S/C11H16O3/c12-10(13)8-7-3-6-14-9(7)11(8)4-1-2-5-11/h7-9H,1-6H2,(H,12,13)/t7-,8+,9-/m1/s1. The van der Waals surface area contributed by atoms with Crippen LogP contribution < -0.4 is 0 Å². The molecule has 0 radical (unpaired) electrons. The van der Waals surface area contributed by atoms with Crippen LogP contribution in [0.2, 0.25) is 0 Å². The lowest BCUT2D eigenvalue weighted by Crippen LogP contribution is -2.60. The minimum absolute atomic E-state index is 0.0347. The fourth-order valence-corrected chi connectivity index (χ4v) is 4.08. The molecule has 2 saturated carbocycles. The summed E-state index contributed by atoms with van der Waals surface area (Å²) in [6, 6.07) is 0. The molecule has 1 saturated heterocycles. The van der Waals surface area contributed by atoms with E-state index in [1.54, 1.807) is 0 Å². The summed E-state index contributed by atoms with van der Waals surface area (Å²) in [4.78, 5) is 11.2. The van der Waals surface area contributed by atoms with Crippen molar-refractivity contribution in [3.05, 3.63) is 0 Å². The monoisotopic (exact) mass is 196 g/mol. The van der Waals surface area contributed by atoms with Gasteiger partial charge in [0.05, 0.1) is 12.0 Å². The van der Waals surface area contributed by atoms with Gasteiger partial charge in [-0.3, -0.25) is 4.79 Å². The summed E-state index contributed by atoms with van der Waals surface area (Å²) in [6.45, 7) is 0.779. The van der Waals surface area contributed by atoms with E-state index in [-0.39, 0.29) is 17.4 Å². The second kappa shape index (κ2) is 2.72. The van der Waals surface area contributed by atoms with E-state index >= 15 is 0 Å². The number of rotatable bonds is 1. The number of aliphatic carboxylic acids is 1. The molecule has 3 fully saturated rings. The molecule has 1 spiro atoms. The van der Waals surface area contributed by atoms with Gasteiger partial charge >= 0.3 is 5.97 Å². The van der Waals surface area contributed by atoms with Crippen LogP contribution in [0.1, 0.15) is 32.1 Å². The molecule has 0 aromatic heterocycles. The molecule has 2 aliphatic carbocycles. The second-order valence-corrected chi connectivity index (χ2v) is 5.00. The van der Waals surface area contributed by atoms with Crippen molar-refractivity contribution in [1.29, 1.82) is 0 Å². The topological polar surface area (TPSA) is 46.5 Å². The van der Waals surface area contributed by atoms with Crippen molar-refractivity contribution in [2.24, 2.45) is 17.3 Å². The highest BCUT2D eigenvalue weighted by Crippen LogP contribution is 2.64. The van der Waals surface area contributed by atoms with Gasteiger partial charge in [-0.1, -0.05) is 12.8 Å². The molecule has 3 aliphatic rings. The summed E-state index contributed by atoms with van der Waals surface area (Å²) in [5, 5.41) is 9.25. The average Bonchev–Trinajstić information content (AvgIpc) is 2.68. The first-order chi connectivity index (χ1) is 6.76. The van der Waals surface area contributed by atoms with Gasteiger partial charge in [0.2, 0.25) is 0 Å². The largest absolute Gasteiger partial charge is 0.481 e. The summed E-state index contributed by atoms with van der Waals surface area (Å²) >= 11 is 0. The molecule has 0 amide bonds. The van der Waals surface area contributed by atoms with Crippen molar-refractivity contribution in [2.45, 2.75) is 38.2 Å². The molecular formula is C11H16O3. The van der Waals surface area contributed by atoms with Crippen LogP contribution >= 0.6 is 0 Å². The SMILES string of the molecule is O=C(O)[C@@H]1[C@H]2CCO[C@H]2C12CCCC2. The van der Waals surface area contributed by atoms with E-state index in [2.05, 4.69) is 0 Å². The highest BCUT2D eigenvalue weighted by Gasteiger charge is 2.67. The van der Waals surface area contributed by atoms with Gasteiger partial charge in [0.15, 0.2) is 0 Å². The molecule has 0 bridgehead atoms. The van der Waals surface area contributed by atoms with Gasteiger partial charge in [-0.2, -0.15) is 0 Å². The van der Waals surface area contributed by atoms with Gasteiger partial charge in [0.1, 0.15) is 0 Å². The maximum absolute atomic E-state index is 11.2. The highest BCUT2D eigenvalue weighted by atomic mass is 16.5. The van der Waals surface area contributed by atoms with Crippen molar-refractivity contribution in [2.75, 3.05) is 6.61 Å². The lowest BCUT2D eigenvalue weighted by molar-refractivity contribution is -0.189. The van der Waals surface area contributed by atoms with E-state index in [9.17, 15) is 9.90 Å². The van der Waals surface area contributed by atoms with E-state index in [1.807, 2.05) is 0 Å². The van der Waals surface area contributed by atoms with Crippen molar-refractivity contribution < 1.29 is 14.6 Å². The predicted octanol–water partition coefficient (Wildman–Crippen LogP) is 1.67. The summed E-state index contributed by atoms with van der Waals surface area (Å²) < 4.78 is 5.71. The molecule has 1 aliphatic heterocycles. The Morgan fingerprint density at radius 2 is 2.07 bits per heavy atom. The first-order valence-corrected chi connectivity index (χ1v) is 5.60. The Hall–Kier alpha value is -0.570. The molecule has 14 heavy (non-hydrogen) atoms. The van der Waals surface area contributed by atoms with Crippen LogP contribution in [0.5, 0.6) is 0 Å². The van der Waals surface area contributed by atoms with Gasteiger partial charge in [0.25, 0.3) is 0 Å². The highest BCUT2D eigenvalue weighted by molar-refractivity contribution is 5.73. The van der Waals surface area contributed by atoms with Gasteiger partial charge in [-0.15, -0.1) is 0 Å². The minimum Gasteiger partial charge on any atom is -0.481 e. The number of carboxylic acids is 1. The van der Waals surface area contributed by atoms with Crippen molar-refractivity contribution in [3.8, 4) is 0 Å². The fraction of sp³-hybridized carbons (Fsp3) is 0.909.